The fourth-order valence-electron chi connectivity index (χ4n) is 2.95. The molecule has 0 unspecified atom stereocenters. The maximum absolute atomic E-state index is 13.0. The first-order chi connectivity index (χ1) is 10.0. The largest absolute Gasteiger partial charge is 0.325 e. The molecule has 1 N–H and O–H groups in total. The van der Waals surface area contributed by atoms with Crippen molar-refractivity contribution >= 4 is 11.6 Å². The monoisotopic (exact) mass is 296 g/mol. The first kappa shape index (κ1) is 15.9. The summed E-state index contributed by atoms with van der Waals surface area (Å²) < 4.78 is 26.1. The molecule has 0 heterocycles. The number of anilines is 1. The Morgan fingerprint density at radius 1 is 1.19 bits per heavy atom. The summed E-state index contributed by atoms with van der Waals surface area (Å²) in [6, 6.07) is 3.01. The molecular weight excluding hydrogens is 274 g/mol. The van der Waals surface area contributed by atoms with Crippen LogP contribution in [-0.4, -0.2) is 30.9 Å². The van der Waals surface area contributed by atoms with E-state index in [1.165, 1.54) is 32.1 Å². The van der Waals surface area contributed by atoms with Crippen LogP contribution in [-0.2, 0) is 4.79 Å². The van der Waals surface area contributed by atoms with Crippen LogP contribution < -0.4 is 5.32 Å². The van der Waals surface area contributed by atoms with Gasteiger partial charge in [-0.25, -0.2) is 8.78 Å². The molecule has 0 aromatic heterocycles. The lowest BCUT2D eigenvalue weighted by Gasteiger charge is -2.26. The zero-order valence-corrected chi connectivity index (χ0v) is 12.4. The molecule has 5 heteroatoms. The van der Waals surface area contributed by atoms with E-state index in [1.54, 1.807) is 0 Å². The Morgan fingerprint density at radius 2 is 1.81 bits per heavy atom. The van der Waals surface area contributed by atoms with Gasteiger partial charge in [-0.05, 0) is 37.9 Å². The minimum Gasteiger partial charge on any atom is -0.325 e. The summed E-state index contributed by atoms with van der Waals surface area (Å²) in [5.74, 6) is -0.983. The minimum absolute atomic E-state index is 0.156. The Balaban J connectivity index is 1.80. The molecule has 1 amide bonds. The number of nitrogens with zero attached hydrogens (tertiary/aromatic N) is 1. The highest BCUT2D eigenvalue weighted by Crippen LogP contribution is 2.24. The average molecular weight is 296 g/mol. The van der Waals surface area contributed by atoms with Gasteiger partial charge >= 0.3 is 0 Å². The summed E-state index contributed by atoms with van der Waals surface area (Å²) in [6.45, 7) is 1.12. The highest BCUT2D eigenvalue weighted by molar-refractivity contribution is 5.92. The normalized spacial score (nSPS) is 16.2. The summed E-state index contributed by atoms with van der Waals surface area (Å²) >= 11 is 0. The highest BCUT2D eigenvalue weighted by Gasteiger charge is 2.17. The molecule has 2 rings (SSSR count). The Morgan fingerprint density at radius 3 is 2.43 bits per heavy atom. The third kappa shape index (κ3) is 5.42. The van der Waals surface area contributed by atoms with Gasteiger partial charge in [0.2, 0.25) is 5.91 Å². The second-order valence-corrected chi connectivity index (χ2v) is 5.91. The standard InChI is InChI=1S/C16H22F2N2O/c1-20(10-12-5-3-2-4-6-12)11-16(21)19-15-8-13(17)7-14(18)9-15/h7-9,12H,2-6,10-11H2,1H3,(H,19,21). The van der Waals surface area contributed by atoms with Crippen molar-refractivity contribution in [3.05, 3.63) is 29.8 Å². The first-order valence-corrected chi connectivity index (χ1v) is 7.47. The van der Waals surface area contributed by atoms with E-state index in [-0.39, 0.29) is 18.1 Å². The predicted octanol–water partition coefficient (Wildman–Crippen LogP) is 3.42. The smallest absolute Gasteiger partial charge is 0.238 e. The number of benzene rings is 1. The van der Waals surface area contributed by atoms with Crippen LogP contribution in [0.5, 0.6) is 0 Å². The number of hydrogen-bond acceptors (Lipinski definition) is 2. The van der Waals surface area contributed by atoms with Crippen LogP contribution in [0.25, 0.3) is 0 Å². The molecule has 1 saturated carbocycles. The van der Waals surface area contributed by atoms with E-state index in [2.05, 4.69) is 5.32 Å². The Labute approximate surface area is 124 Å². The van der Waals surface area contributed by atoms with Gasteiger partial charge in [-0.15, -0.1) is 0 Å². The lowest BCUT2D eigenvalue weighted by molar-refractivity contribution is -0.117. The number of rotatable bonds is 5. The van der Waals surface area contributed by atoms with Gasteiger partial charge in [-0.1, -0.05) is 19.3 Å². The molecule has 1 aromatic carbocycles. The van der Waals surface area contributed by atoms with Gasteiger partial charge in [0.05, 0.1) is 6.54 Å². The Bertz CT molecular complexity index is 467. The van der Waals surface area contributed by atoms with Crippen LogP contribution >= 0.6 is 0 Å². The van der Waals surface area contributed by atoms with Crippen LogP contribution in [0.1, 0.15) is 32.1 Å². The molecule has 0 radical (unpaired) electrons. The van der Waals surface area contributed by atoms with Gasteiger partial charge < -0.3 is 5.32 Å². The van der Waals surface area contributed by atoms with E-state index in [4.69, 9.17) is 0 Å². The van der Waals surface area contributed by atoms with Crippen molar-refractivity contribution in [1.29, 1.82) is 0 Å². The SMILES string of the molecule is CN(CC(=O)Nc1cc(F)cc(F)c1)CC1CCCCC1. The van der Waals surface area contributed by atoms with Gasteiger partial charge in [-0.2, -0.15) is 0 Å². The van der Waals surface area contributed by atoms with Gasteiger partial charge in [0.1, 0.15) is 11.6 Å². The summed E-state index contributed by atoms with van der Waals surface area (Å²) in [4.78, 5) is 13.9. The van der Waals surface area contributed by atoms with Crippen molar-refractivity contribution in [3.63, 3.8) is 0 Å². The van der Waals surface area contributed by atoms with Gasteiger partial charge in [0, 0.05) is 18.3 Å². The number of halogens is 2. The van der Waals surface area contributed by atoms with Crippen molar-refractivity contribution in [2.75, 3.05) is 25.5 Å². The maximum Gasteiger partial charge on any atom is 0.238 e. The zero-order chi connectivity index (χ0) is 15.2. The molecule has 1 fully saturated rings. The topological polar surface area (TPSA) is 32.3 Å². The molecule has 1 aromatic rings. The van der Waals surface area contributed by atoms with Gasteiger partial charge in [0.15, 0.2) is 0 Å². The molecule has 0 spiro atoms. The first-order valence-electron chi connectivity index (χ1n) is 7.47. The summed E-state index contributed by atoms with van der Waals surface area (Å²) in [5, 5.41) is 2.53. The molecule has 0 aliphatic heterocycles. The molecule has 0 atom stereocenters. The summed E-state index contributed by atoms with van der Waals surface area (Å²) in [6.07, 6.45) is 6.30. The lowest BCUT2D eigenvalue weighted by Crippen LogP contribution is -2.34. The molecular formula is C16H22F2N2O. The van der Waals surface area contributed by atoms with E-state index in [0.717, 1.165) is 24.7 Å². The molecule has 3 nitrogen and oxygen atoms in total. The molecule has 21 heavy (non-hydrogen) atoms. The maximum atomic E-state index is 13.0. The van der Waals surface area contributed by atoms with Crippen LogP contribution in [0.2, 0.25) is 0 Å². The van der Waals surface area contributed by atoms with Crippen LogP contribution in [0.3, 0.4) is 0 Å². The fraction of sp³-hybridized carbons (Fsp3) is 0.562. The van der Waals surface area contributed by atoms with E-state index < -0.39 is 11.6 Å². The van der Waals surface area contributed by atoms with Crippen LogP contribution in [0.4, 0.5) is 14.5 Å². The van der Waals surface area contributed by atoms with Crippen LogP contribution in [0, 0.1) is 17.6 Å². The summed E-state index contributed by atoms with van der Waals surface area (Å²) in [5.41, 5.74) is 0.156. The number of likely N-dealkylation sites (N-methyl/N-ethyl adjacent to an activating group) is 1. The molecule has 116 valence electrons. The minimum atomic E-state index is -0.694. The van der Waals surface area contributed by atoms with E-state index in [9.17, 15) is 13.6 Å². The quantitative estimate of drug-likeness (QED) is 0.903. The third-order valence-corrected chi connectivity index (χ3v) is 3.85. The second kappa shape index (κ2) is 7.50. The number of hydrogen-bond donors (Lipinski definition) is 1. The molecule has 1 aliphatic carbocycles. The fourth-order valence-corrected chi connectivity index (χ4v) is 2.95. The lowest BCUT2D eigenvalue weighted by atomic mass is 9.89. The summed E-state index contributed by atoms with van der Waals surface area (Å²) in [7, 11) is 1.90. The highest BCUT2D eigenvalue weighted by atomic mass is 19.1. The van der Waals surface area contributed by atoms with E-state index in [1.807, 2.05) is 11.9 Å². The second-order valence-electron chi connectivity index (χ2n) is 5.91. The number of amides is 1. The third-order valence-electron chi connectivity index (χ3n) is 3.85. The van der Waals surface area contributed by atoms with Crippen LogP contribution in [0.15, 0.2) is 18.2 Å². The zero-order valence-electron chi connectivity index (χ0n) is 12.4. The van der Waals surface area contributed by atoms with Crippen molar-refractivity contribution in [2.45, 2.75) is 32.1 Å². The van der Waals surface area contributed by atoms with Gasteiger partial charge in [0.25, 0.3) is 0 Å². The number of carbonyl (C=O) groups is 1. The van der Waals surface area contributed by atoms with Crippen molar-refractivity contribution in [1.82, 2.24) is 4.90 Å². The van der Waals surface area contributed by atoms with E-state index >= 15 is 0 Å². The van der Waals surface area contributed by atoms with Crippen molar-refractivity contribution in [3.8, 4) is 0 Å². The van der Waals surface area contributed by atoms with Crippen molar-refractivity contribution < 1.29 is 13.6 Å². The molecule has 0 saturated heterocycles. The number of nitrogens with one attached hydrogen (secondary N) is 1. The molecule has 0 bridgehead atoms. The Hall–Kier alpha value is -1.49. The Kier molecular flexibility index (Phi) is 5.67. The van der Waals surface area contributed by atoms with Crippen molar-refractivity contribution in [2.24, 2.45) is 5.92 Å². The predicted molar refractivity (Wildman–Crippen MR) is 79.1 cm³/mol. The molecule has 1 aliphatic rings. The number of carbonyl (C=O) groups excluding carboxylic acids is 1. The van der Waals surface area contributed by atoms with E-state index in [0.29, 0.717) is 5.92 Å². The van der Waals surface area contributed by atoms with Gasteiger partial charge in [-0.3, -0.25) is 9.69 Å². The average Bonchev–Trinajstić information content (AvgIpc) is 2.37.